The minimum atomic E-state index is -0.268. The van der Waals surface area contributed by atoms with Gasteiger partial charge in [0.2, 0.25) is 0 Å². The zero-order chi connectivity index (χ0) is 18.4. The summed E-state index contributed by atoms with van der Waals surface area (Å²) in [6.45, 7) is 3.09. The number of amides is 1. The monoisotopic (exact) mass is 352 g/mol. The maximum absolute atomic E-state index is 13.0. The lowest BCUT2D eigenvalue weighted by atomic mass is 10.2. The van der Waals surface area contributed by atoms with E-state index in [-0.39, 0.29) is 17.2 Å². The first-order chi connectivity index (χ1) is 12.7. The van der Waals surface area contributed by atoms with E-state index in [2.05, 4.69) is 10.1 Å². The maximum Gasteiger partial charge on any atom is 0.275 e. The van der Waals surface area contributed by atoms with E-state index < -0.39 is 0 Å². The van der Waals surface area contributed by atoms with E-state index in [4.69, 9.17) is 4.42 Å². The number of hydrogen-bond acceptors (Lipinski definition) is 5. The van der Waals surface area contributed by atoms with Gasteiger partial charge >= 0.3 is 0 Å². The molecule has 7 nitrogen and oxygen atoms in total. The molecule has 0 radical (unpaired) electrons. The lowest BCUT2D eigenvalue weighted by Gasteiger charge is -2.21. The second-order valence-corrected chi connectivity index (χ2v) is 5.88. The summed E-state index contributed by atoms with van der Waals surface area (Å²) in [5, 5.41) is 4.22. The highest BCUT2D eigenvalue weighted by Gasteiger charge is 2.20. The van der Waals surface area contributed by atoms with E-state index in [9.17, 15) is 9.59 Å². The quantitative estimate of drug-likeness (QED) is 0.652. The topological polar surface area (TPSA) is 81.2 Å². The van der Waals surface area contributed by atoms with Crippen molar-refractivity contribution in [2.45, 2.75) is 33.0 Å². The highest BCUT2D eigenvalue weighted by molar-refractivity contribution is 5.92. The molecule has 0 fully saturated rings. The summed E-state index contributed by atoms with van der Waals surface area (Å²) >= 11 is 0. The first-order valence-corrected chi connectivity index (χ1v) is 8.46. The van der Waals surface area contributed by atoms with Crippen molar-refractivity contribution in [3.05, 3.63) is 82.4 Å². The van der Waals surface area contributed by atoms with Gasteiger partial charge in [-0.25, -0.2) is 4.68 Å². The van der Waals surface area contributed by atoms with Crippen LogP contribution in [0.25, 0.3) is 0 Å². The first kappa shape index (κ1) is 17.6. The Kier molecular flexibility index (Phi) is 5.58. The molecule has 26 heavy (non-hydrogen) atoms. The summed E-state index contributed by atoms with van der Waals surface area (Å²) in [6.07, 6.45) is 5.73. The van der Waals surface area contributed by atoms with E-state index in [1.54, 1.807) is 29.6 Å². The highest BCUT2D eigenvalue weighted by atomic mass is 16.3. The van der Waals surface area contributed by atoms with Gasteiger partial charge in [-0.05, 0) is 36.2 Å². The zero-order valence-corrected chi connectivity index (χ0v) is 14.5. The number of pyridine rings is 1. The molecule has 0 saturated carbocycles. The molecule has 1 amide bonds. The van der Waals surface area contributed by atoms with Gasteiger partial charge in [-0.15, -0.1) is 0 Å². The highest BCUT2D eigenvalue weighted by Crippen LogP contribution is 2.13. The van der Waals surface area contributed by atoms with Gasteiger partial charge in [0.1, 0.15) is 11.5 Å². The predicted molar refractivity (Wildman–Crippen MR) is 95.3 cm³/mol. The van der Waals surface area contributed by atoms with E-state index in [0.717, 1.165) is 12.0 Å². The van der Waals surface area contributed by atoms with Crippen LogP contribution in [0.3, 0.4) is 0 Å². The third-order valence-electron chi connectivity index (χ3n) is 3.83. The summed E-state index contributed by atoms with van der Waals surface area (Å²) in [5.41, 5.74) is 0.913. The van der Waals surface area contributed by atoms with Crippen LogP contribution < -0.4 is 5.56 Å². The van der Waals surface area contributed by atoms with Crippen LogP contribution >= 0.6 is 0 Å². The van der Waals surface area contributed by atoms with Crippen LogP contribution in [0.15, 0.2) is 64.3 Å². The zero-order valence-electron chi connectivity index (χ0n) is 14.5. The Labute approximate surface area is 150 Å². The van der Waals surface area contributed by atoms with Crippen molar-refractivity contribution < 1.29 is 9.21 Å². The van der Waals surface area contributed by atoms with Crippen molar-refractivity contribution in [2.24, 2.45) is 0 Å². The summed E-state index contributed by atoms with van der Waals surface area (Å²) in [6, 6.07) is 10.2. The summed E-state index contributed by atoms with van der Waals surface area (Å²) in [5.74, 6) is 0.402. The molecule has 3 aromatic rings. The fourth-order valence-electron chi connectivity index (χ4n) is 2.60. The predicted octanol–water partition coefficient (Wildman–Crippen LogP) is 2.48. The van der Waals surface area contributed by atoms with Gasteiger partial charge in [0, 0.05) is 31.5 Å². The molecule has 134 valence electrons. The average Bonchev–Trinajstić information content (AvgIpc) is 3.17. The molecule has 3 rings (SSSR count). The summed E-state index contributed by atoms with van der Waals surface area (Å²) in [7, 11) is 0. The van der Waals surface area contributed by atoms with E-state index in [1.165, 1.54) is 16.8 Å². The molecule has 0 unspecified atom stereocenters. The van der Waals surface area contributed by atoms with Crippen LogP contribution in [0, 0.1) is 0 Å². The van der Waals surface area contributed by atoms with Gasteiger partial charge in [0.25, 0.3) is 11.5 Å². The molecule has 3 heterocycles. The Morgan fingerprint density at radius 2 is 2.08 bits per heavy atom. The minimum Gasteiger partial charge on any atom is -0.467 e. The molecule has 0 aliphatic carbocycles. The molecular weight excluding hydrogens is 332 g/mol. The molecule has 7 heteroatoms. The first-order valence-electron chi connectivity index (χ1n) is 8.46. The fraction of sp³-hybridized carbons (Fsp3) is 0.263. The molecule has 0 N–H and O–H groups in total. The second kappa shape index (κ2) is 8.24. The normalized spacial score (nSPS) is 10.7. The Morgan fingerprint density at radius 3 is 2.77 bits per heavy atom. The summed E-state index contributed by atoms with van der Waals surface area (Å²) < 4.78 is 6.71. The molecular formula is C19H20N4O3. The van der Waals surface area contributed by atoms with Crippen LogP contribution in [-0.4, -0.2) is 25.6 Å². The SMILES string of the molecule is CCCn1nc(C(=O)N(Cc2cccnc2)Cc2ccco2)ccc1=O. The van der Waals surface area contributed by atoms with Crippen LogP contribution in [-0.2, 0) is 19.6 Å². The molecule has 0 aromatic carbocycles. The number of furan rings is 1. The maximum atomic E-state index is 13.0. The third kappa shape index (κ3) is 4.24. The van der Waals surface area contributed by atoms with Gasteiger partial charge in [-0.3, -0.25) is 14.6 Å². The third-order valence-corrected chi connectivity index (χ3v) is 3.83. The number of rotatable bonds is 7. The number of aryl methyl sites for hydroxylation is 1. The van der Waals surface area contributed by atoms with Crippen LogP contribution in [0.2, 0.25) is 0 Å². The van der Waals surface area contributed by atoms with Gasteiger partial charge < -0.3 is 9.32 Å². The molecule has 3 aromatic heterocycles. The van der Waals surface area contributed by atoms with Crippen molar-refractivity contribution >= 4 is 5.91 Å². The second-order valence-electron chi connectivity index (χ2n) is 5.88. The van der Waals surface area contributed by atoms with Crippen LogP contribution in [0.1, 0.15) is 35.2 Å². The number of carbonyl (C=O) groups excluding carboxylic acids is 1. The minimum absolute atomic E-state index is 0.215. The molecule has 0 atom stereocenters. The molecule has 0 saturated heterocycles. The lowest BCUT2D eigenvalue weighted by Crippen LogP contribution is -2.33. The summed E-state index contributed by atoms with van der Waals surface area (Å²) in [4.78, 5) is 30.6. The van der Waals surface area contributed by atoms with E-state index in [1.807, 2.05) is 25.1 Å². The standard InChI is InChI=1S/C19H20N4O3/c1-2-10-23-18(24)8-7-17(21-23)19(25)22(14-16-6-4-11-26-16)13-15-5-3-9-20-12-15/h3-9,11-12H,2,10,13-14H2,1H3. The molecule has 0 spiro atoms. The lowest BCUT2D eigenvalue weighted by molar-refractivity contribution is 0.0708. The molecule has 0 bridgehead atoms. The number of hydrogen-bond donors (Lipinski definition) is 0. The van der Waals surface area contributed by atoms with Gasteiger partial charge in [0.15, 0.2) is 0 Å². The van der Waals surface area contributed by atoms with Crippen molar-refractivity contribution in [1.29, 1.82) is 0 Å². The Hall–Kier alpha value is -3.22. The molecule has 0 aliphatic rings. The van der Waals surface area contributed by atoms with Crippen molar-refractivity contribution in [2.75, 3.05) is 0 Å². The smallest absolute Gasteiger partial charge is 0.275 e. The van der Waals surface area contributed by atoms with Gasteiger partial charge in [-0.1, -0.05) is 13.0 Å². The van der Waals surface area contributed by atoms with E-state index >= 15 is 0 Å². The Bertz CT molecular complexity index is 904. The van der Waals surface area contributed by atoms with Gasteiger partial charge in [-0.2, -0.15) is 5.10 Å². The van der Waals surface area contributed by atoms with Crippen molar-refractivity contribution in [3.63, 3.8) is 0 Å². The average molecular weight is 352 g/mol. The van der Waals surface area contributed by atoms with Crippen LogP contribution in [0.5, 0.6) is 0 Å². The number of carbonyl (C=O) groups is 1. The van der Waals surface area contributed by atoms with E-state index in [0.29, 0.717) is 25.4 Å². The van der Waals surface area contributed by atoms with Gasteiger partial charge in [0.05, 0.1) is 12.8 Å². The van der Waals surface area contributed by atoms with Crippen LogP contribution in [0.4, 0.5) is 0 Å². The Balaban J connectivity index is 1.88. The fourth-order valence-corrected chi connectivity index (χ4v) is 2.60. The number of aromatic nitrogens is 3. The number of nitrogens with zero attached hydrogens (tertiary/aromatic N) is 4. The van der Waals surface area contributed by atoms with Crippen molar-refractivity contribution in [3.8, 4) is 0 Å². The van der Waals surface area contributed by atoms with Crippen molar-refractivity contribution in [1.82, 2.24) is 19.7 Å². The largest absolute Gasteiger partial charge is 0.467 e. The molecule has 0 aliphatic heterocycles. The Morgan fingerprint density at radius 1 is 1.19 bits per heavy atom.